The van der Waals surface area contributed by atoms with Gasteiger partial charge in [0, 0.05) is 17.7 Å². The summed E-state index contributed by atoms with van der Waals surface area (Å²) in [7, 11) is 0. The summed E-state index contributed by atoms with van der Waals surface area (Å²) < 4.78 is 310. The van der Waals surface area contributed by atoms with Crippen LogP contribution in [0.25, 0.3) is 11.3 Å². The highest BCUT2D eigenvalue weighted by atomic mass is 19.2. The fourth-order valence-corrected chi connectivity index (χ4v) is 7.18. The van der Waals surface area contributed by atoms with Crippen LogP contribution < -0.4 is 26.4 Å². The van der Waals surface area contributed by atoms with E-state index in [4.69, 9.17) is 0 Å². The predicted molar refractivity (Wildman–Crippen MR) is 187 cm³/mol. The van der Waals surface area contributed by atoms with Gasteiger partial charge in [-0.05, 0) is 18.2 Å². The fourth-order valence-electron chi connectivity index (χ4n) is 7.18. The van der Waals surface area contributed by atoms with Gasteiger partial charge in [0.05, 0.1) is 5.56 Å². The molecule has 0 atom stereocenters. The third-order valence-electron chi connectivity index (χ3n) is 9.99. The molecule has 23 heteroatoms. The van der Waals surface area contributed by atoms with Gasteiger partial charge in [0.1, 0.15) is 58.5 Å². The lowest BCUT2D eigenvalue weighted by molar-refractivity contribution is -0.677. The SMILES string of the molecule is Fc1c(F)c(F)c([B-](c2c(F)c(F)c(F)c(F)c2F)(c2c(F)c(F)c(F)c(F)c2F)c2c(F)c(F)c(F)c(F)c2F)c(F)c1F.Fc1ccccc1-c1cccc[n+]1Cc1ccccc1. The van der Waals surface area contributed by atoms with Crippen molar-refractivity contribution in [1.82, 2.24) is 0 Å². The smallest absolute Gasteiger partial charge is 0.207 e. The van der Waals surface area contributed by atoms with E-state index in [9.17, 15) is 57.1 Å². The number of hydrogen-bond acceptors (Lipinski definition) is 0. The summed E-state index contributed by atoms with van der Waals surface area (Å²) in [6, 6.07) is 22.9. The van der Waals surface area contributed by atoms with Gasteiger partial charge in [0.15, 0.2) is 82.5 Å². The highest BCUT2D eigenvalue weighted by Gasteiger charge is 2.52. The van der Waals surface area contributed by atoms with Gasteiger partial charge in [-0.15, -0.1) is 21.9 Å². The standard InChI is InChI=1S/C24BF20.C18H15FN/c26-5-1(6(27)14(35)21(42)13(5)34)25(2-7(28)15(36)22(43)16(37)8(2)29,3-9(30)17(38)23(44)18(39)10(3)31)4-11(32)19(40)24(45)20(41)12(4)33;19-17-11-5-4-10-16(17)18-12-6-7-13-20(18)14-15-8-2-1-3-9-15/h;1-13H,14H2/q-1;+1. The molecule has 65 heavy (non-hydrogen) atoms. The molecule has 0 radical (unpaired) electrons. The van der Waals surface area contributed by atoms with Crippen LogP contribution in [0.1, 0.15) is 5.56 Å². The molecule has 7 rings (SSSR count). The molecule has 0 fully saturated rings. The van der Waals surface area contributed by atoms with Crippen molar-refractivity contribution in [2.24, 2.45) is 0 Å². The van der Waals surface area contributed by atoms with E-state index in [2.05, 4.69) is 16.7 Å². The number of nitrogens with zero attached hydrogens (tertiary/aromatic N) is 1. The molecule has 0 bridgehead atoms. The Kier molecular flexibility index (Phi) is 13.1. The molecule has 0 aliphatic rings. The van der Waals surface area contributed by atoms with Crippen LogP contribution in [0.3, 0.4) is 0 Å². The Morgan fingerprint density at radius 1 is 0.292 bits per heavy atom. The first-order valence-corrected chi connectivity index (χ1v) is 17.6. The highest BCUT2D eigenvalue weighted by Crippen LogP contribution is 2.31. The number of rotatable bonds is 7. The lowest BCUT2D eigenvalue weighted by Crippen LogP contribution is -2.81. The van der Waals surface area contributed by atoms with Crippen LogP contribution in [-0.2, 0) is 6.54 Å². The summed E-state index contributed by atoms with van der Waals surface area (Å²) in [6.07, 6.45) is -5.24. The molecule has 0 saturated carbocycles. The number of aromatic nitrogens is 1. The van der Waals surface area contributed by atoms with Gasteiger partial charge in [0.25, 0.3) is 0 Å². The molecule has 7 aromatic rings. The van der Waals surface area contributed by atoms with Gasteiger partial charge in [-0.1, -0.05) is 42.5 Å². The Morgan fingerprint density at radius 2 is 0.569 bits per heavy atom. The summed E-state index contributed by atoms with van der Waals surface area (Å²) in [5, 5.41) is 0. The van der Waals surface area contributed by atoms with Gasteiger partial charge in [-0.2, -0.15) is 4.57 Å². The second-order valence-electron chi connectivity index (χ2n) is 13.5. The second kappa shape index (κ2) is 17.9. The van der Waals surface area contributed by atoms with Crippen LogP contribution in [0.15, 0.2) is 79.0 Å². The van der Waals surface area contributed by atoms with Gasteiger partial charge >= 0.3 is 0 Å². The molecule has 0 unspecified atom stereocenters. The summed E-state index contributed by atoms with van der Waals surface area (Å²) >= 11 is 0. The Morgan fingerprint density at radius 3 is 0.892 bits per heavy atom. The first-order valence-electron chi connectivity index (χ1n) is 17.6. The number of benzene rings is 6. The van der Waals surface area contributed by atoms with Crippen LogP contribution in [-0.4, -0.2) is 6.15 Å². The average molecular weight is 943 g/mol. The molecule has 0 amide bonds. The van der Waals surface area contributed by atoms with Crippen molar-refractivity contribution in [1.29, 1.82) is 0 Å². The number of hydrogen-bond donors (Lipinski definition) is 0. The molecule has 0 aliphatic carbocycles. The minimum Gasteiger partial charge on any atom is -0.207 e. The summed E-state index contributed by atoms with van der Waals surface area (Å²) in [6.45, 7) is 0.728. The largest absolute Gasteiger partial charge is 0.215 e. The molecule has 6 aromatic carbocycles. The van der Waals surface area contributed by atoms with Crippen molar-refractivity contribution in [3.8, 4) is 11.3 Å². The highest BCUT2D eigenvalue weighted by molar-refractivity contribution is 7.20. The zero-order valence-corrected chi connectivity index (χ0v) is 31.2. The van der Waals surface area contributed by atoms with Gasteiger partial charge < -0.3 is 0 Å². The van der Waals surface area contributed by atoms with Gasteiger partial charge in [0.2, 0.25) is 5.69 Å². The minimum atomic E-state index is -7.22. The van der Waals surface area contributed by atoms with Crippen molar-refractivity contribution in [2.75, 3.05) is 0 Å². The zero-order chi connectivity index (χ0) is 48.1. The fraction of sp³-hybridized carbons (Fsp3) is 0.0238. The van der Waals surface area contributed by atoms with Gasteiger partial charge in [-0.25, -0.2) is 92.2 Å². The molecule has 1 heterocycles. The maximum Gasteiger partial charge on any atom is 0.215 e. The third kappa shape index (κ3) is 7.58. The van der Waals surface area contributed by atoms with Crippen molar-refractivity contribution >= 4 is 28.0 Å². The van der Waals surface area contributed by atoms with E-state index in [0.29, 0.717) is 5.56 Å². The normalized spacial score (nSPS) is 11.5. The number of pyridine rings is 1. The molecule has 0 N–H and O–H groups in total. The van der Waals surface area contributed by atoms with Crippen LogP contribution in [0, 0.1) is 122 Å². The molecule has 338 valence electrons. The van der Waals surface area contributed by atoms with E-state index in [-0.39, 0.29) is 5.82 Å². The van der Waals surface area contributed by atoms with Crippen molar-refractivity contribution < 1.29 is 96.8 Å². The molecule has 1 nitrogen and oxygen atoms in total. The van der Waals surface area contributed by atoms with Crippen LogP contribution in [0.2, 0.25) is 0 Å². The summed E-state index contributed by atoms with van der Waals surface area (Å²) in [4.78, 5) is 0. The average Bonchev–Trinajstić information content (AvgIpc) is 3.30. The summed E-state index contributed by atoms with van der Waals surface area (Å²) in [5.74, 6) is -71.6. The predicted octanol–water partition coefficient (Wildman–Crippen LogP) is 9.67. The Balaban J connectivity index is 0.000000289. The van der Waals surface area contributed by atoms with Crippen molar-refractivity contribution in [2.45, 2.75) is 6.54 Å². The van der Waals surface area contributed by atoms with Crippen LogP contribution in [0.5, 0.6) is 0 Å². The third-order valence-corrected chi connectivity index (χ3v) is 9.99. The first-order chi connectivity index (χ1) is 30.5. The number of halogens is 21. The molecular formula is C42H15BF21N. The van der Waals surface area contributed by atoms with Gasteiger partial charge in [-0.3, -0.25) is 0 Å². The van der Waals surface area contributed by atoms with E-state index in [1.165, 1.54) is 11.6 Å². The van der Waals surface area contributed by atoms with E-state index in [1.807, 2.05) is 54.7 Å². The molecule has 0 spiro atoms. The Bertz CT molecular complexity index is 2650. The van der Waals surface area contributed by atoms with E-state index in [0.717, 1.165) is 12.2 Å². The lowest BCUT2D eigenvalue weighted by Gasteiger charge is -2.44. The Labute approximate surface area is 349 Å². The molecule has 0 aliphatic heterocycles. The Hall–Kier alpha value is -6.94. The minimum absolute atomic E-state index is 0.194. The van der Waals surface area contributed by atoms with E-state index < -0.39 is 144 Å². The quantitative estimate of drug-likeness (QED) is 0.0493. The van der Waals surface area contributed by atoms with E-state index >= 15 is 35.1 Å². The second-order valence-corrected chi connectivity index (χ2v) is 13.5. The zero-order valence-electron chi connectivity index (χ0n) is 31.2. The lowest BCUT2D eigenvalue weighted by atomic mass is 9.12. The molecule has 0 saturated heterocycles. The topological polar surface area (TPSA) is 3.88 Å². The molecular weight excluding hydrogens is 928 g/mol. The van der Waals surface area contributed by atoms with Crippen LogP contribution >= 0.6 is 0 Å². The first kappa shape index (κ1) is 47.5. The monoisotopic (exact) mass is 943 g/mol. The van der Waals surface area contributed by atoms with Crippen LogP contribution in [0.4, 0.5) is 92.2 Å². The maximum absolute atomic E-state index is 15.4. The summed E-state index contributed by atoms with van der Waals surface area (Å²) in [5.41, 5.74) is -11.6. The van der Waals surface area contributed by atoms with E-state index in [1.54, 1.807) is 6.07 Å². The maximum atomic E-state index is 15.4. The van der Waals surface area contributed by atoms with Crippen molar-refractivity contribution in [3.05, 3.63) is 207 Å². The molecule has 1 aromatic heterocycles. The van der Waals surface area contributed by atoms with Crippen molar-refractivity contribution in [3.63, 3.8) is 0 Å².